The minimum absolute atomic E-state index is 0.0806. The second-order valence-electron chi connectivity index (χ2n) is 2.82. The molecule has 3 N–H and O–H groups in total. The van der Waals surface area contributed by atoms with Crippen LogP contribution in [0.5, 0.6) is 0 Å². The normalized spacial score (nSPS) is 16.0. The van der Waals surface area contributed by atoms with E-state index in [0.29, 0.717) is 6.42 Å². The van der Waals surface area contributed by atoms with Crippen LogP contribution >= 0.6 is 0 Å². The Morgan fingerprint density at radius 1 is 1.17 bits per heavy atom. The van der Waals surface area contributed by atoms with Crippen molar-refractivity contribution in [2.45, 2.75) is 32.0 Å². The molecule has 0 aliphatic heterocycles. The van der Waals surface area contributed by atoms with Crippen molar-refractivity contribution in [1.29, 1.82) is 0 Å². The standard InChI is InChI=1S/C8H18O4/c1-2-3-7(10)5-12-6-8(11)4-9/h7-11H,2-6H2,1H3. The highest BCUT2D eigenvalue weighted by molar-refractivity contribution is 4.54. The van der Waals surface area contributed by atoms with Crippen LogP contribution in [0.15, 0.2) is 0 Å². The number of aliphatic hydroxyl groups excluding tert-OH is 3. The summed E-state index contributed by atoms with van der Waals surface area (Å²) in [7, 11) is 0. The van der Waals surface area contributed by atoms with Crippen molar-refractivity contribution in [2.24, 2.45) is 0 Å². The van der Waals surface area contributed by atoms with E-state index in [1.807, 2.05) is 6.92 Å². The fraction of sp³-hybridized carbons (Fsp3) is 1.00. The van der Waals surface area contributed by atoms with Gasteiger partial charge in [0.25, 0.3) is 0 Å². The topological polar surface area (TPSA) is 69.9 Å². The average molecular weight is 178 g/mol. The second kappa shape index (κ2) is 7.49. The van der Waals surface area contributed by atoms with E-state index in [-0.39, 0.29) is 19.8 Å². The maximum Gasteiger partial charge on any atom is 0.100 e. The van der Waals surface area contributed by atoms with Crippen molar-refractivity contribution in [2.75, 3.05) is 19.8 Å². The van der Waals surface area contributed by atoms with Gasteiger partial charge in [-0.2, -0.15) is 0 Å². The number of hydrogen-bond acceptors (Lipinski definition) is 4. The molecule has 0 aromatic carbocycles. The molecule has 0 aromatic heterocycles. The van der Waals surface area contributed by atoms with Crippen molar-refractivity contribution in [3.63, 3.8) is 0 Å². The van der Waals surface area contributed by atoms with Crippen LogP contribution in [-0.2, 0) is 4.74 Å². The average Bonchev–Trinajstić information content (AvgIpc) is 2.04. The van der Waals surface area contributed by atoms with Crippen LogP contribution in [0, 0.1) is 0 Å². The summed E-state index contributed by atoms with van der Waals surface area (Å²) >= 11 is 0. The van der Waals surface area contributed by atoms with Gasteiger partial charge in [-0.25, -0.2) is 0 Å². The highest BCUT2D eigenvalue weighted by Gasteiger charge is 2.05. The Morgan fingerprint density at radius 3 is 2.25 bits per heavy atom. The highest BCUT2D eigenvalue weighted by Crippen LogP contribution is 1.96. The molecule has 0 radical (unpaired) electrons. The van der Waals surface area contributed by atoms with Gasteiger partial charge in [0.05, 0.1) is 25.9 Å². The summed E-state index contributed by atoms with van der Waals surface area (Å²) in [6, 6.07) is 0. The summed E-state index contributed by atoms with van der Waals surface area (Å²) in [5, 5.41) is 26.4. The Kier molecular flexibility index (Phi) is 7.39. The first-order valence-electron chi connectivity index (χ1n) is 4.25. The lowest BCUT2D eigenvalue weighted by molar-refractivity contribution is -0.0258. The van der Waals surface area contributed by atoms with Gasteiger partial charge < -0.3 is 20.1 Å². The van der Waals surface area contributed by atoms with E-state index in [1.165, 1.54) is 0 Å². The zero-order chi connectivity index (χ0) is 9.40. The van der Waals surface area contributed by atoms with Crippen molar-refractivity contribution < 1.29 is 20.1 Å². The largest absolute Gasteiger partial charge is 0.394 e. The third-order valence-electron chi connectivity index (χ3n) is 1.45. The van der Waals surface area contributed by atoms with Gasteiger partial charge in [0, 0.05) is 0 Å². The molecule has 0 aliphatic carbocycles. The molecule has 12 heavy (non-hydrogen) atoms. The van der Waals surface area contributed by atoms with Gasteiger partial charge in [-0.3, -0.25) is 0 Å². The summed E-state index contributed by atoms with van der Waals surface area (Å²) in [6.45, 7) is 1.98. The first kappa shape index (κ1) is 11.8. The molecular weight excluding hydrogens is 160 g/mol. The third kappa shape index (κ3) is 6.54. The van der Waals surface area contributed by atoms with Crippen LogP contribution < -0.4 is 0 Å². The Labute approximate surface area is 72.8 Å². The van der Waals surface area contributed by atoms with Gasteiger partial charge >= 0.3 is 0 Å². The lowest BCUT2D eigenvalue weighted by Crippen LogP contribution is -2.23. The van der Waals surface area contributed by atoms with Crippen LogP contribution in [0.25, 0.3) is 0 Å². The lowest BCUT2D eigenvalue weighted by atomic mass is 10.2. The minimum atomic E-state index is -0.834. The summed E-state index contributed by atoms with van der Waals surface area (Å²) in [5.74, 6) is 0. The quantitative estimate of drug-likeness (QED) is 0.492. The Bertz CT molecular complexity index is 97.1. The molecule has 0 aliphatic rings. The van der Waals surface area contributed by atoms with Gasteiger partial charge in [-0.15, -0.1) is 0 Å². The Morgan fingerprint density at radius 2 is 1.75 bits per heavy atom. The zero-order valence-electron chi connectivity index (χ0n) is 7.44. The van der Waals surface area contributed by atoms with E-state index in [9.17, 15) is 0 Å². The van der Waals surface area contributed by atoms with Crippen molar-refractivity contribution >= 4 is 0 Å². The minimum Gasteiger partial charge on any atom is -0.394 e. The molecule has 0 saturated carbocycles. The van der Waals surface area contributed by atoms with E-state index in [2.05, 4.69) is 0 Å². The summed E-state index contributed by atoms with van der Waals surface area (Å²) in [4.78, 5) is 0. The van der Waals surface area contributed by atoms with Crippen LogP contribution in [0.4, 0.5) is 0 Å². The molecule has 0 spiro atoms. The first-order valence-corrected chi connectivity index (χ1v) is 4.25. The maximum absolute atomic E-state index is 9.17. The van der Waals surface area contributed by atoms with Crippen LogP contribution in [0.3, 0.4) is 0 Å². The van der Waals surface area contributed by atoms with Crippen LogP contribution in [0.1, 0.15) is 19.8 Å². The predicted octanol–water partition coefficient (Wildman–Crippen LogP) is -0.483. The number of ether oxygens (including phenoxy) is 1. The fourth-order valence-corrected chi connectivity index (χ4v) is 0.809. The molecule has 2 atom stereocenters. The highest BCUT2D eigenvalue weighted by atomic mass is 16.5. The molecule has 0 rings (SSSR count). The van der Waals surface area contributed by atoms with Gasteiger partial charge in [0.1, 0.15) is 6.10 Å². The van der Waals surface area contributed by atoms with E-state index in [4.69, 9.17) is 20.1 Å². The monoisotopic (exact) mass is 178 g/mol. The first-order chi connectivity index (χ1) is 5.70. The third-order valence-corrected chi connectivity index (χ3v) is 1.45. The molecule has 4 nitrogen and oxygen atoms in total. The van der Waals surface area contributed by atoms with Gasteiger partial charge in [-0.05, 0) is 6.42 Å². The molecule has 0 bridgehead atoms. The van der Waals surface area contributed by atoms with E-state index >= 15 is 0 Å². The zero-order valence-corrected chi connectivity index (χ0v) is 7.44. The van der Waals surface area contributed by atoms with Gasteiger partial charge in [0.15, 0.2) is 0 Å². The lowest BCUT2D eigenvalue weighted by Gasteiger charge is -2.11. The molecule has 0 amide bonds. The molecular formula is C8H18O4. The van der Waals surface area contributed by atoms with Crippen molar-refractivity contribution in [1.82, 2.24) is 0 Å². The van der Waals surface area contributed by atoms with E-state index < -0.39 is 12.2 Å². The molecule has 74 valence electrons. The van der Waals surface area contributed by atoms with E-state index in [1.54, 1.807) is 0 Å². The fourth-order valence-electron chi connectivity index (χ4n) is 0.809. The van der Waals surface area contributed by atoms with Crippen LogP contribution in [-0.4, -0.2) is 47.3 Å². The molecule has 2 unspecified atom stereocenters. The Hall–Kier alpha value is -0.160. The molecule has 4 heteroatoms. The van der Waals surface area contributed by atoms with Gasteiger partial charge in [0.2, 0.25) is 0 Å². The number of aliphatic hydroxyl groups is 3. The van der Waals surface area contributed by atoms with Crippen molar-refractivity contribution in [3.8, 4) is 0 Å². The number of rotatable bonds is 7. The smallest absolute Gasteiger partial charge is 0.100 e. The summed E-state index contributed by atoms with van der Waals surface area (Å²) < 4.78 is 4.94. The van der Waals surface area contributed by atoms with Gasteiger partial charge in [-0.1, -0.05) is 13.3 Å². The molecule has 0 heterocycles. The second-order valence-corrected chi connectivity index (χ2v) is 2.82. The summed E-state index contributed by atoms with van der Waals surface area (Å²) in [6.07, 6.45) is 0.321. The summed E-state index contributed by atoms with van der Waals surface area (Å²) in [5.41, 5.74) is 0. The molecule has 0 aromatic rings. The van der Waals surface area contributed by atoms with Crippen molar-refractivity contribution in [3.05, 3.63) is 0 Å². The maximum atomic E-state index is 9.17. The SMILES string of the molecule is CCCC(O)COCC(O)CO. The predicted molar refractivity (Wildman–Crippen MR) is 44.8 cm³/mol. The molecule has 0 saturated heterocycles. The number of hydrogen-bond donors (Lipinski definition) is 3. The Balaban J connectivity index is 3.18. The van der Waals surface area contributed by atoms with Crippen LogP contribution in [0.2, 0.25) is 0 Å². The molecule has 0 fully saturated rings. The van der Waals surface area contributed by atoms with E-state index in [0.717, 1.165) is 6.42 Å².